The molecule has 0 bridgehead atoms. The molecule has 2 aromatic carbocycles. The number of carbonyl (C=O) groups is 1. The number of nitrogens with zero attached hydrogens (tertiary/aromatic N) is 4. The highest BCUT2D eigenvalue weighted by Crippen LogP contribution is 2.34. The Morgan fingerprint density at radius 1 is 1.09 bits per heavy atom. The van der Waals surface area contributed by atoms with Crippen LogP contribution in [0.15, 0.2) is 55.0 Å². The van der Waals surface area contributed by atoms with Crippen molar-refractivity contribution in [2.24, 2.45) is 11.8 Å². The number of H-pyrrole nitrogens is 1. The fourth-order valence-electron chi connectivity index (χ4n) is 4.75. The molecule has 1 aliphatic heterocycles. The maximum absolute atomic E-state index is 15.2. The summed E-state index contributed by atoms with van der Waals surface area (Å²) in [6.07, 6.45) is 6.58. The van der Waals surface area contributed by atoms with Gasteiger partial charge in [-0.2, -0.15) is 0 Å². The third kappa shape index (κ3) is 3.47. The molecule has 3 heterocycles. The molecule has 162 valence electrons. The molecule has 0 radical (unpaired) electrons. The van der Waals surface area contributed by atoms with Crippen molar-refractivity contribution in [3.8, 4) is 22.5 Å². The van der Waals surface area contributed by atoms with Gasteiger partial charge in [-0.15, -0.1) is 10.2 Å². The Bertz CT molecular complexity index is 1300. The molecule has 2 fully saturated rings. The predicted molar refractivity (Wildman–Crippen MR) is 120 cm³/mol. The van der Waals surface area contributed by atoms with E-state index in [1.165, 1.54) is 0 Å². The molecule has 6 rings (SSSR count). The standard InChI is InChI=1S/C25H24FN5O/c26-22-11-19(20-4-1-17-7-9-27-23(17)12-20)5-6-21(22)24-29-28-15-31(24)14-16-8-10-30(13-16)25(32)18-2-3-18/h1,4-7,9,11-12,15-16,18,27H,2-3,8,10,13-14H2. The van der Waals surface area contributed by atoms with E-state index in [0.29, 0.717) is 29.8 Å². The second kappa shape index (κ2) is 7.58. The second-order valence-electron chi connectivity index (χ2n) is 8.99. The van der Waals surface area contributed by atoms with Gasteiger partial charge < -0.3 is 14.5 Å². The Labute approximate surface area is 185 Å². The highest BCUT2D eigenvalue weighted by Gasteiger charge is 2.36. The quantitative estimate of drug-likeness (QED) is 0.508. The number of likely N-dealkylation sites (tertiary alicyclic amines) is 1. The molecule has 6 nitrogen and oxygen atoms in total. The molecule has 2 aliphatic rings. The average Bonchev–Trinajstić information content (AvgIpc) is 3.17. The number of fused-ring (bicyclic) bond motifs is 1. The topological polar surface area (TPSA) is 66.8 Å². The van der Waals surface area contributed by atoms with Gasteiger partial charge in [0.15, 0.2) is 5.82 Å². The molecule has 0 spiro atoms. The fraction of sp³-hybridized carbons (Fsp3) is 0.320. The van der Waals surface area contributed by atoms with Crippen molar-refractivity contribution < 1.29 is 9.18 Å². The Morgan fingerprint density at radius 2 is 1.94 bits per heavy atom. The number of nitrogens with one attached hydrogen (secondary N) is 1. The van der Waals surface area contributed by atoms with E-state index in [-0.39, 0.29) is 11.7 Å². The van der Waals surface area contributed by atoms with E-state index in [1.807, 2.05) is 46.0 Å². The van der Waals surface area contributed by atoms with Crippen LogP contribution in [0.2, 0.25) is 0 Å². The lowest BCUT2D eigenvalue weighted by Gasteiger charge is -2.17. The third-order valence-electron chi connectivity index (χ3n) is 6.69. The van der Waals surface area contributed by atoms with E-state index in [0.717, 1.165) is 54.4 Å². The van der Waals surface area contributed by atoms with Crippen LogP contribution in [0.25, 0.3) is 33.4 Å². The van der Waals surface area contributed by atoms with Gasteiger partial charge in [-0.25, -0.2) is 4.39 Å². The lowest BCUT2D eigenvalue weighted by molar-refractivity contribution is -0.131. The summed E-state index contributed by atoms with van der Waals surface area (Å²) < 4.78 is 17.1. The fourth-order valence-corrected chi connectivity index (χ4v) is 4.75. The van der Waals surface area contributed by atoms with E-state index >= 15 is 4.39 Å². The maximum Gasteiger partial charge on any atom is 0.225 e. The molecule has 1 N–H and O–H groups in total. The van der Waals surface area contributed by atoms with Gasteiger partial charge in [-0.05, 0) is 66.0 Å². The summed E-state index contributed by atoms with van der Waals surface area (Å²) in [6.45, 7) is 2.25. The van der Waals surface area contributed by atoms with Crippen molar-refractivity contribution in [3.63, 3.8) is 0 Å². The minimum absolute atomic E-state index is 0.254. The van der Waals surface area contributed by atoms with Crippen LogP contribution in [0.5, 0.6) is 0 Å². The summed E-state index contributed by atoms with van der Waals surface area (Å²) in [5.41, 5.74) is 3.24. The monoisotopic (exact) mass is 429 g/mol. The summed E-state index contributed by atoms with van der Waals surface area (Å²) in [5.74, 6) is 1.10. The van der Waals surface area contributed by atoms with Gasteiger partial charge >= 0.3 is 0 Å². The van der Waals surface area contributed by atoms with E-state index in [9.17, 15) is 4.79 Å². The number of amides is 1. The van der Waals surface area contributed by atoms with Crippen LogP contribution in [0.1, 0.15) is 19.3 Å². The smallest absolute Gasteiger partial charge is 0.225 e. The molecule has 32 heavy (non-hydrogen) atoms. The Morgan fingerprint density at radius 3 is 2.78 bits per heavy atom. The summed E-state index contributed by atoms with van der Waals surface area (Å²) >= 11 is 0. The number of hydrogen-bond acceptors (Lipinski definition) is 3. The minimum atomic E-state index is -0.319. The van der Waals surface area contributed by atoms with Gasteiger partial charge in [0.05, 0.1) is 5.56 Å². The van der Waals surface area contributed by atoms with Crippen LogP contribution in [-0.2, 0) is 11.3 Å². The van der Waals surface area contributed by atoms with Crippen molar-refractivity contribution in [2.75, 3.05) is 13.1 Å². The van der Waals surface area contributed by atoms with Gasteiger partial charge in [0.2, 0.25) is 5.91 Å². The highest BCUT2D eigenvalue weighted by molar-refractivity contribution is 5.85. The lowest BCUT2D eigenvalue weighted by atomic mass is 10.0. The van der Waals surface area contributed by atoms with Crippen molar-refractivity contribution in [1.29, 1.82) is 0 Å². The number of aromatic nitrogens is 4. The number of halogens is 1. The molecule has 1 unspecified atom stereocenters. The Balaban J connectivity index is 1.22. The Hall–Kier alpha value is -3.48. The van der Waals surface area contributed by atoms with Crippen LogP contribution in [0.4, 0.5) is 4.39 Å². The number of benzene rings is 2. The van der Waals surface area contributed by atoms with Crippen molar-refractivity contribution in [2.45, 2.75) is 25.8 Å². The first kappa shape index (κ1) is 19.2. The largest absolute Gasteiger partial charge is 0.361 e. The molecule has 7 heteroatoms. The SMILES string of the molecule is O=C(C1CC1)N1CCC(Cn2cnnc2-c2ccc(-c3ccc4cc[nH]c4c3)cc2F)C1. The zero-order valence-corrected chi connectivity index (χ0v) is 17.7. The van der Waals surface area contributed by atoms with Crippen LogP contribution in [0, 0.1) is 17.7 Å². The van der Waals surface area contributed by atoms with Gasteiger partial charge in [0.1, 0.15) is 12.1 Å². The summed E-state index contributed by atoms with van der Waals surface area (Å²) in [6, 6.07) is 13.3. The van der Waals surface area contributed by atoms with Gasteiger partial charge in [-0.1, -0.05) is 18.2 Å². The minimum Gasteiger partial charge on any atom is -0.361 e. The van der Waals surface area contributed by atoms with Crippen molar-refractivity contribution >= 4 is 16.8 Å². The van der Waals surface area contributed by atoms with Crippen LogP contribution >= 0.6 is 0 Å². The molecule has 1 saturated heterocycles. The first-order valence-corrected chi connectivity index (χ1v) is 11.2. The number of aromatic amines is 1. The van der Waals surface area contributed by atoms with Crippen LogP contribution in [0.3, 0.4) is 0 Å². The van der Waals surface area contributed by atoms with Gasteiger partial charge in [0, 0.05) is 37.3 Å². The normalized spacial score (nSPS) is 18.5. The zero-order chi connectivity index (χ0) is 21.7. The van der Waals surface area contributed by atoms with Gasteiger partial charge in [0.25, 0.3) is 0 Å². The second-order valence-corrected chi connectivity index (χ2v) is 8.99. The first-order chi connectivity index (χ1) is 15.7. The van der Waals surface area contributed by atoms with Crippen LogP contribution in [-0.4, -0.2) is 43.6 Å². The molecular weight excluding hydrogens is 405 g/mol. The maximum atomic E-state index is 15.2. The first-order valence-electron chi connectivity index (χ1n) is 11.2. The van der Waals surface area contributed by atoms with Crippen molar-refractivity contribution in [3.05, 3.63) is 60.8 Å². The van der Waals surface area contributed by atoms with E-state index in [4.69, 9.17) is 0 Å². The van der Waals surface area contributed by atoms with Crippen molar-refractivity contribution in [1.82, 2.24) is 24.6 Å². The molecule has 4 aromatic rings. The average molecular weight is 429 g/mol. The Kier molecular flexibility index (Phi) is 4.56. The van der Waals surface area contributed by atoms with Crippen LogP contribution < -0.4 is 0 Å². The van der Waals surface area contributed by atoms with E-state index in [2.05, 4.69) is 15.2 Å². The van der Waals surface area contributed by atoms with E-state index in [1.54, 1.807) is 18.5 Å². The summed E-state index contributed by atoms with van der Waals surface area (Å²) in [4.78, 5) is 17.5. The summed E-state index contributed by atoms with van der Waals surface area (Å²) in [5, 5.41) is 9.38. The summed E-state index contributed by atoms with van der Waals surface area (Å²) in [7, 11) is 0. The van der Waals surface area contributed by atoms with Gasteiger partial charge in [-0.3, -0.25) is 4.79 Å². The number of carbonyl (C=O) groups excluding carboxylic acids is 1. The molecule has 1 atom stereocenters. The molecule has 2 aromatic heterocycles. The lowest BCUT2D eigenvalue weighted by Crippen LogP contribution is -2.30. The number of rotatable bonds is 5. The molecular formula is C25H24FN5O. The van der Waals surface area contributed by atoms with E-state index < -0.39 is 0 Å². The molecule has 1 aliphatic carbocycles. The molecule has 1 saturated carbocycles. The zero-order valence-electron chi connectivity index (χ0n) is 17.7. The molecule has 1 amide bonds. The number of hydrogen-bond donors (Lipinski definition) is 1. The predicted octanol–water partition coefficient (Wildman–Crippen LogP) is 4.49. The highest BCUT2D eigenvalue weighted by atomic mass is 19.1. The third-order valence-corrected chi connectivity index (χ3v) is 6.69.